The third kappa shape index (κ3) is 2.73. The van der Waals surface area contributed by atoms with Gasteiger partial charge in [-0.15, -0.1) is 0 Å². The predicted molar refractivity (Wildman–Crippen MR) is 111 cm³/mol. The summed E-state index contributed by atoms with van der Waals surface area (Å²) in [6.07, 6.45) is 8.57. The maximum atomic E-state index is 12.7. The van der Waals surface area contributed by atoms with Gasteiger partial charge in [-0.05, 0) is 81.0 Å². The molecule has 0 bridgehead atoms. The van der Waals surface area contributed by atoms with Gasteiger partial charge in [0.25, 0.3) is 0 Å². The molecule has 0 unspecified atom stereocenters. The topological polar surface area (TPSA) is 61.8 Å². The molecular weight excluding hydrogens is 380 g/mol. The molecule has 5 fully saturated rings. The van der Waals surface area contributed by atoms with Crippen molar-refractivity contribution in [2.75, 3.05) is 13.2 Å². The Balaban J connectivity index is 1.48. The lowest BCUT2D eigenvalue weighted by Crippen LogP contribution is -2.65. The highest BCUT2D eigenvalue weighted by Gasteiger charge is 2.71. The van der Waals surface area contributed by atoms with Crippen molar-refractivity contribution >= 4 is 11.8 Å². The van der Waals surface area contributed by atoms with Gasteiger partial charge in [0, 0.05) is 24.7 Å². The fourth-order valence-corrected chi connectivity index (χ4v) is 9.04. The average Bonchev–Trinajstić information content (AvgIpc) is 3.29. The van der Waals surface area contributed by atoms with Gasteiger partial charge in [-0.25, -0.2) is 0 Å². The Hall–Kier alpha value is -0.940. The largest absolute Gasteiger partial charge is 0.463 e. The van der Waals surface area contributed by atoms with Crippen molar-refractivity contribution in [3.8, 4) is 0 Å². The van der Waals surface area contributed by atoms with Crippen LogP contribution in [0.5, 0.6) is 0 Å². The lowest BCUT2D eigenvalue weighted by atomic mass is 9.43. The fraction of sp³-hybridized carbons (Fsp3) is 0.920. The average molecular weight is 419 g/mol. The predicted octanol–water partition coefficient (Wildman–Crippen LogP) is 4.52. The van der Waals surface area contributed by atoms with Gasteiger partial charge in [0.1, 0.15) is 11.9 Å². The van der Waals surface area contributed by atoms with E-state index in [0.29, 0.717) is 42.7 Å². The van der Waals surface area contributed by atoms with Gasteiger partial charge in [0.2, 0.25) is 0 Å². The number of Topliss-reactive ketones (excluding diaryl/α,β-unsaturated/α-hetero) is 1. The van der Waals surface area contributed by atoms with E-state index in [4.69, 9.17) is 14.2 Å². The Morgan fingerprint density at radius 2 is 1.67 bits per heavy atom. The van der Waals surface area contributed by atoms with Crippen molar-refractivity contribution in [1.82, 2.24) is 0 Å². The molecule has 8 atom stereocenters. The first-order chi connectivity index (χ1) is 14.2. The zero-order chi connectivity index (χ0) is 21.3. The lowest BCUT2D eigenvalue weighted by Gasteiger charge is -2.64. The van der Waals surface area contributed by atoms with Gasteiger partial charge in [-0.3, -0.25) is 9.59 Å². The van der Waals surface area contributed by atoms with Gasteiger partial charge in [-0.1, -0.05) is 13.8 Å². The molecule has 4 saturated carbocycles. The lowest BCUT2D eigenvalue weighted by molar-refractivity contribution is -0.308. The molecule has 5 heteroatoms. The van der Waals surface area contributed by atoms with E-state index in [0.717, 1.165) is 38.5 Å². The highest BCUT2D eigenvalue weighted by Crippen LogP contribution is 2.71. The van der Waals surface area contributed by atoms with E-state index in [9.17, 15) is 9.59 Å². The number of fused-ring (bicyclic) bond motifs is 6. The van der Waals surface area contributed by atoms with E-state index in [2.05, 4.69) is 13.8 Å². The summed E-state index contributed by atoms with van der Waals surface area (Å²) >= 11 is 0. The molecular formula is C25H38O5. The molecule has 0 aromatic heterocycles. The Bertz CT molecular complexity index is 727. The van der Waals surface area contributed by atoms with Crippen molar-refractivity contribution in [2.45, 2.75) is 91.0 Å². The molecule has 5 aliphatic rings. The van der Waals surface area contributed by atoms with Crippen molar-refractivity contribution in [2.24, 2.45) is 40.4 Å². The van der Waals surface area contributed by atoms with Crippen molar-refractivity contribution < 1.29 is 23.8 Å². The number of esters is 1. The molecule has 30 heavy (non-hydrogen) atoms. The SMILES string of the molecule is CC(=O)O[C@H]1CC[C@@]2(C)[C@@H](CC[C@H]3[C@H]2CC2(OCCO2)[C@]2(C)[C@@H](C(C)=O)CC[C@@H]32)C1. The van der Waals surface area contributed by atoms with Crippen LogP contribution >= 0.6 is 0 Å². The van der Waals surface area contributed by atoms with Crippen LogP contribution in [0.1, 0.15) is 79.1 Å². The number of carbonyl (C=O) groups is 2. The van der Waals surface area contributed by atoms with Gasteiger partial charge in [-0.2, -0.15) is 0 Å². The van der Waals surface area contributed by atoms with E-state index < -0.39 is 5.79 Å². The molecule has 1 aliphatic heterocycles. The number of rotatable bonds is 2. The van der Waals surface area contributed by atoms with Gasteiger partial charge in [0.05, 0.1) is 13.2 Å². The Morgan fingerprint density at radius 1 is 0.933 bits per heavy atom. The molecule has 5 rings (SSSR count). The van der Waals surface area contributed by atoms with Crippen molar-refractivity contribution in [1.29, 1.82) is 0 Å². The maximum Gasteiger partial charge on any atom is 0.302 e. The first-order valence-corrected chi connectivity index (χ1v) is 12.2. The summed E-state index contributed by atoms with van der Waals surface area (Å²) in [5.74, 6) is 1.87. The number of ketones is 1. The molecule has 1 heterocycles. The van der Waals surface area contributed by atoms with Crippen molar-refractivity contribution in [3.05, 3.63) is 0 Å². The summed E-state index contributed by atoms with van der Waals surface area (Å²) in [7, 11) is 0. The second-order valence-corrected chi connectivity index (χ2v) is 11.3. The van der Waals surface area contributed by atoms with Crippen molar-refractivity contribution in [3.63, 3.8) is 0 Å². The third-order valence-corrected chi connectivity index (χ3v) is 10.4. The Labute approximate surface area is 180 Å². The third-order valence-electron chi connectivity index (χ3n) is 10.4. The van der Waals surface area contributed by atoms with Crippen LogP contribution in [0.15, 0.2) is 0 Å². The number of hydrogen-bond donors (Lipinski definition) is 0. The van der Waals surface area contributed by atoms with E-state index in [1.807, 2.05) is 0 Å². The summed E-state index contributed by atoms with van der Waals surface area (Å²) in [6, 6.07) is 0. The number of ether oxygens (including phenoxy) is 3. The highest BCUT2D eigenvalue weighted by molar-refractivity contribution is 5.80. The molecule has 168 valence electrons. The van der Waals surface area contributed by atoms with E-state index in [1.54, 1.807) is 6.92 Å². The molecule has 1 saturated heterocycles. The molecule has 4 aliphatic carbocycles. The van der Waals surface area contributed by atoms with Gasteiger partial charge in [0.15, 0.2) is 5.79 Å². The minimum absolute atomic E-state index is 0.0479. The number of hydrogen-bond acceptors (Lipinski definition) is 5. The summed E-state index contributed by atoms with van der Waals surface area (Å²) in [6.45, 7) is 9.36. The van der Waals surface area contributed by atoms with Crippen LogP contribution in [-0.2, 0) is 23.8 Å². The second-order valence-electron chi connectivity index (χ2n) is 11.3. The molecule has 0 aromatic carbocycles. The highest BCUT2D eigenvalue weighted by atomic mass is 16.7. The van der Waals surface area contributed by atoms with Crippen LogP contribution in [0.3, 0.4) is 0 Å². The fourth-order valence-electron chi connectivity index (χ4n) is 9.04. The minimum atomic E-state index is -0.608. The molecule has 0 radical (unpaired) electrons. The molecule has 1 spiro atoms. The zero-order valence-corrected chi connectivity index (χ0v) is 19.1. The number of carbonyl (C=O) groups excluding carboxylic acids is 2. The minimum Gasteiger partial charge on any atom is -0.463 e. The first-order valence-electron chi connectivity index (χ1n) is 12.2. The monoisotopic (exact) mass is 418 g/mol. The second kappa shape index (κ2) is 7.03. The van der Waals surface area contributed by atoms with Crippen LogP contribution in [0.2, 0.25) is 0 Å². The normalized spacial score (nSPS) is 49.2. The van der Waals surface area contributed by atoms with Crippen LogP contribution in [-0.4, -0.2) is 36.9 Å². The maximum absolute atomic E-state index is 12.7. The summed E-state index contributed by atoms with van der Waals surface area (Å²) in [4.78, 5) is 24.2. The van der Waals surface area contributed by atoms with Gasteiger partial charge >= 0.3 is 5.97 Å². The smallest absolute Gasteiger partial charge is 0.302 e. The van der Waals surface area contributed by atoms with E-state index in [1.165, 1.54) is 19.8 Å². The zero-order valence-electron chi connectivity index (χ0n) is 19.1. The van der Waals surface area contributed by atoms with Crippen LogP contribution < -0.4 is 0 Å². The Morgan fingerprint density at radius 3 is 2.33 bits per heavy atom. The molecule has 0 N–H and O–H groups in total. The standard InChI is InChI=1S/C25H38O5/c1-15(26)20-7-8-21-19-6-5-17-13-18(30-16(2)27)9-10-23(17,3)22(19)14-25(24(20,21)4)28-11-12-29-25/h17-22H,5-14H2,1-4H3/t17-,18-,19+,20+,21-,22+,23-,24+/m0/s1. The van der Waals surface area contributed by atoms with Crippen LogP contribution in [0, 0.1) is 40.4 Å². The van der Waals surface area contributed by atoms with E-state index in [-0.39, 0.29) is 28.8 Å². The van der Waals surface area contributed by atoms with Crippen LogP contribution in [0.4, 0.5) is 0 Å². The molecule has 0 aromatic rings. The quantitative estimate of drug-likeness (QED) is 0.617. The Kier molecular flexibility index (Phi) is 4.91. The molecule has 0 amide bonds. The van der Waals surface area contributed by atoms with E-state index >= 15 is 0 Å². The summed E-state index contributed by atoms with van der Waals surface area (Å²) in [5, 5.41) is 0. The first kappa shape index (κ1) is 20.9. The molecule has 5 nitrogen and oxygen atoms in total. The van der Waals surface area contributed by atoms with Gasteiger partial charge < -0.3 is 14.2 Å². The summed E-state index contributed by atoms with van der Waals surface area (Å²) < 4.78 is 18.6. The van der Waals surface area contributed by atoms with Crippen LogP contribution in [0.25, 0.3) is 0 Å². The summed E-state index contributed by atoms with van der Waals surface area (Å²) in [5.41, 5.74) is 0.0200.